The van der Waals surface area contributed by atoms with Crippen LogP contribution in [0.15, 0.2) is 47.0 Å². The highest BCUT2D eigenvalue weighted by Crippen LogP contribution is 2.21. The highest BCUT2D eigenvalue weighted by Gasteiger charge is 2.31. The molecule has 1 aromatic rings. The molecular weight excluding hydrogens is 328 g/mol. The Hall–Kier alpha value is -2.34. The number of hydrogen-bond acceptors (Lipinski definition) is 3. The summed E-state index contributed by atoms with van der Waals surface area (Å²) in [4.78, 5) is 18.9. The third-order valence-electron chi connectivity index (χ3n) is 4.64. The predicted octanol–water partition coefficient (Wildman–Crippen LogP) is 2.08. The minimum absolute atomic E-state index is 0.0720. The monoisotopic (exact) mass is 356 g/mol. The van der Waals surface area contributed by atoms with E-state index in [4.69, 9.17) is 4.74 Å². The molecule has 26 heavy (non-hydrogen) atoms. The van der Waals surface area contributed by atoms with Crippen molar-refractivity contribution >= 4 is 17.6 Å². The van der Waals surface area contributed by atoms with Gasteiger partial charge in [-0.2, -0.15) is 0 Å². The Morgan fingerprint density at radius 1 is 1.35 bits per heavy atom. The summed E-state index contributed by atoms with van der Waals surface area (Å²) < 4.78 is 5.34. The summed E-state index contributed by atoms with van der Waals surface area (Å²) >= 11 is 0. The maximum absolute atomic E-state index is 12.4. The van der Waals surface area contributed by atoms with Gasteiger partial charge in [0.15, 0.2) is 5.96 Å². The topological polar surface area (TPSA) is 66.0 Å². The van der Waals surface area contributed by atoms with Gasteiger partial charge in [-0.3, -0.25) is 9.79 Å². The fraction of sp³-hybridized carbons (Fsp3) is 0.500. The lowest BCUT2D eigenvalue weighted by atomic mass is 10.1. The van der Waals surface area contributed by atoms with E-state index in [0.717, 1.165) is 50.8 Å². The summed E-state index contributed by atoms with van der Waals surface area (Å²) in [5, 5.41) is 6.70. The molecule has 6 nitrogen and oxygen atoms in total. The molecule has 0 aliphatic carbocycles. The molecule has 1 atom stereocenters. The van der Waals surface area contributed by atoms with Crippen LogP contribution in [0.3, 0.4) is 0 Å². The quantitative estimate of drug-likeness (QED) is 0.465. The van der Waals surface area contributed by atoms with Crippen LogP contribution in [0, 0.1) is 0 Å². The normalized spacial score (nSPS) is 20.9. The Bertz CT molecular complexity index is 657. The molecule has 0 saturated carbocycles. The summed E-state index contributed by atoms with van der Waals surface area (Å²) in [5.41, 5.74) is 2.37. The zero-order valence-corrected chi connectivity index (χ0v) is 15.4. The molecule has 2 aliphatic heterocycles. The summed E-state index contributed by atoms with van der Waals surface area (Å²) in [6.45, 7) is 5.78. The van der Waals surface area contributed by atoms with Crippen molar-refractivity contribution in [2.75, 3.05) is 37.7 Å². The van der Waals surface area contributed by atoms with E-state index >= 15 is 0 Å². The number of benzene rings is 1. The lowest BCUT2D eigenvalue weighted by Gasteiger charge is -2.19. The smallest absolute Gasteiger partial charge is 0.229 e. The number of rotatable bonds is 6. The number of guanidine groups is 1. The Kier molecular flexibility index (Phi) is 6.66. The number of nitrogens with one attached hydrogen (secondary N) is 2. The van der Waals surface area contributed by atoms with Gasteiger partial charge in [0.1, 0.15) is 0 Å². The van der Waals surface area contributed by atoms with E-state index in [0.29, 0.717) is 13.0 Å². The van der Waals surface area contributed by atoms with Gasteiger partial charge in [-0.15, -0.1) is 0 Å². The van der Waals surface area contributed by atoms with Crippen LogP contribution in [0.5, 0.6) is 0 Å². The molecule has 0 aromatic heterocycles. The minimum Gasteiger partial charge on any atom is -0.377 e. The number of aliphatic imine (C=N–C) groups is 1. The van der Waals surface area contributed by atoms with Gasteiger partial charge in [-0.1, -0.05) is 29.8 Å². The molecule has 0 bridgehead atoms. The standard InChI is InChI=1S/C20H28N4O2/c1-2-21-20(22-11-8-16-9-12-26-13-10-16)23-17-14-19(25)24(15-17)18-6-4-3-5-7-18/h3-7,9,17H,2,8,10-15H2,1H3,(H2,21,22,23). The molecular formula is C20H28N4O2. The number of nitrogens with zero attached hydrogens (tertiary/aromatic N) is 2. The van der Waals surface area contributed by atoms with Gasteiger partial charge in [0.05, 0.1) is 19.3 Å². The van der Waals surface area contributed by atoms with Gasteiger partial charge in [0, 0.05) is 31.7 Å². The van der Waals surface area contributed by atoms with Crippen LogP contribution < -0.4 is 15.5 Å². The summed E-state index contributed by atoms with van der Waals surface area (Å²) in [7, 11) is 0. The van der Waals surface area contributed by atoms with Gasteiger partial charge < -0.3 is 20.3 Å². The highest BCUT2D eigenvalue weighted by atomic mass is 16.5. The number of para-hydroxylation sites is 1. The molecule has 2 N–H and O–H groups in total. The van der Waals surface area contributed by atoms with Crippen molar-refractivity contribution in [1.82, 2.24) is 10.6 Å². The van der Waals surface area contributed by atoms with Crippen molar-refractivity contribution in [3.63, 3.8) is 0 Å². The van der Waals surface area contributed by atoms with Crippen LogP contribution in [-0.2, 0) is 9.53 Å². The van der Waals surface area contributed by atoms with Crippen LogP contribution in [-0.4, -0.2) is 50.8 Å². The van der Waals surface area contributed by atoms with Crippen LogP contribution in [0.4, 0.5) is 5.69 Å². The second-order valence-electron chi connectivity index (χ2n) is 6.58. The molecule has 0 radical (unpaired) electrons. The highest BCUT2D eigenvalue weighted by molar-refractivity contribution is 5.97. The molecule has 1 saturated heterocycles. The molecule has 0 spiro atoms. The molecule has 1 aromatic carbocycles. The van der Waals surface area contributed by atoms with E-state index in [9.17, 15) is 4.79 Å². The summed E-state index contributed by atoms with van der Waals surface area (Å²) in [5.74, 6) is 0.935. The van der Waals surface area contributed by atoms with Crippen molar-refractivity contribution in [3.05, 3.63) is 42.0 Å². The molecule has 1 unspecified atom stereocenters. The maximum atomic E-state index is 12.4. The van der Waals surface area contributed by atoms with Gasteiger partial charge in [-0.05, 0) is 31.9 Å². The second kappa shape index (κ2) is 9.38. The van der Waals surface area contributed by atoms with Crippen molar-refractivity contribution in [1.29, 1.82) is 0 Å². The molecule has 2 aliphatic rings. The lowest BCUT2D eigenvalue weighted by Crippen LogP contribution is -2.44. The van der Waals surface area contributed by atoms with Crippen molar-refractivity contribution < 1.29 is 9.53 Å². The Morgan fingerprint density at radius 2 is 2.19 bits per heavy atom. The van der Waals surface area contributed by atoms with E-state index < -0.39 is 0 Å². The third-order valence-corrected chi connectivity index (χ3v) is 4.64. The van der Waals surface area contributed by atoms with Crippen molar-refractivity contribution in [2.45, 2.75) is 32.2 Å². The fourth-order valence-corrected chi connectivity index (χ4v) is 3.28. The first-order valence-corrected chi connectivity index (χ1v) is 9.42. The van der Waals surface area contributed by atoms with Crippen LogP contribution in [0.1, 0.15) is 26.2 Å². The summed E-state index contributed by atoms with van der Waals surface area (Å²) in [6, 6.07) is 9.90. The number of carbonyl (C=O) groups excluding carboxylic acids is 1. The van der Waals surface area contributed by atoms with E-state index in [2.05, 4.69) is 21.7 Å². The largest absolute Gasteiger partial charge is 0.377 e. The van der Waals surface area contributed by atoms with Gasteiger partial charge in [0.25, 0.3) is 0 Å². The number of hydrogen-bond donors (Lipinski definition) is 2. The Morgan fingerprint density at radius 3 is 2.92 bits per heavy atom. The van der Waals surface area contributed by atoms with Gasteiger partial charge >= 0.3 is 0 Å². The van der Waals surface area contributed by atoms with E-state index in [1.165, 1.54) is 5.57 Å². The van der Waals surface area contributed by atoms with E-state index in [1.807, 2.05) is 42.2 Å². The molecule has 6 heteroatoms. The molecule has 2 heterocycles. The predicted molar refractivity (Wildman–Crippen MR) is 104 cm³/mol. The lowest BCUT2D eigenvalue weighted by molar-refractivity contribution is -0.117. The number of anilines is 1. The third kappa shape index (κ3) is 5.08. The second-order valence-corrected chi connectivity index (χ2v) is 6.58. The molecule has 1 amide bonds. The first-order valence-electron chi connectivity index (χ1n) is 9.42. The fourth-order valence-electron chi connectivity index (χ4n) is 3.28. The van der Waals surface area contributed by atoms with Gasteiger partial charge in [0.2, 0.25) is 5.91 Å². The van der Waals surface area contributed by atoms with Crippen molar-refractivity contribution in [2.24, 2.45) is 4.99 Å². The number of ether oxygens (including phenoxy) is 1. The number of carbonyl (C=O) groups is 1. The first-order chi connectivity index (χ1) is 12.8. The zero-order chi connectivity index (χ0) is 18.2. The Labute approximate surface area is 155 Å². The van der Waals surface area contributed by atoms with Crippen molar-refractivity contribution in [3.8, 4) is 0 Å². The van der Waals surface area contributed by atoms with Crippen LogP contribution in [0.25, 0.3) is 0 Å². The van der Waals surface area contributed by atoms with E-state index in [-0.39, 0.29) is 11.9 Å². The van der Waals surface area contributed by atoms with Crippen LogP contribution in [0.2, 0.25) is 0 Å². The molecule has 3 rings (SSSR count). The zero-order valence-electron chi connectivity index (χ0n) is 15.4. The van der Waals surface area contributed by atoms with Gasteiger partial charge in [-0.25, -0.2) is 0 Å². The first kappa shape index (κ1) is 18.5. The summed E-state index contributed by atoms with van der Waals surface area (Å²) in [6.07, 6.45) is 4.61. The Balaban J connectivity index is 1.55. The van der Waals surface area contributed by atoms with Crippen LogP contribution >= 0.6 is 0 Å². The molecule has 1 fully saturated rings. The number of amides is 1. The molecule has 140 valence electrons. The minimum atomic E-state index is 0.0720. The maximum Gasteiger partial charge on any atom is 0.229 e. The average Bonchev–Trinajstić information content (AvgIpc) is 3.03. The van der Waals surface area contributed by atoms with E-state index in [1.54, 1.807) is 0 Å². The SMILES string of the molecule is CCNC(=NCCC1=CCOCC1)NC1CC(=O)N(c2ccccc2)C1. The average molecular weight is 356 g/mol.